The topological polar surface area (TPSA) is 119 Å². The Kier molecular flexibility index (Phi) is 8.89. The molecule has 6 rings (SSSR count). The molecule has 13 heteroatoms. The molecule has 4 aromatic heterocycles. The Morgan fingerprint density at radius 2 is 1.74 bits per heavy atom. The largest absolute Gasteiger partial charge is 0.484 e. The molecule has 0 radical (unpaired) electrons. The maximum atomic E-state index is 13.4. The number of rotatable bonds is 7. The highest BCUT2D eigenvalue weighted by molar-refractivity contribution is 5.89. The fourth-order valence-corrected chi connectivity index (χ4v) is 5.61. The molecule has 244 valence electrons. The molecule has 4 heterocycles. The number of pyridine rings is 1. The molecule has 0 unspecified atom stereocenters. The summed E-state index contributed by atoms with van der Waals surface area (Å²) < 4.78 is 12.0. The highest BCUT2D eigenvalue weighted by Crippen LogP contribution is 2.39. The molecular weight excluding hydrogens is 604 g/mol. The van der Waals surface area contributed by atoms with Gasteiger partial charge in [-0.15, -0.1) is 22.6 Å². The Balaban J connectivity index is 0.00000417. The van der Waals surface area contributed by atoms with E-state index in [1.54, 1.807) is 15.6 Å². The van der Waals surface area contributed by atoms with Gasteiger partial charge in [0.2, 0.25) is 0 Å². The Morgan fingerprint density at radius 3 is 2.41 bits per heavy atom. The molecule has 0 fully saturated rings. The molecule has 46 heavy (non-hydrogen) atoms. The zero-order valence-electron chi connectivity index (χ0n) is 27.6. The summed E-state index contributed by atoms with van der Waals surface area (Å²) in [7, 11) is 5.92. The second kappa shape index (κ2) is 12.4. The Hall–Kier alpha value is -4.42. The summed E-state index contributed by atoms with van der Waals surface area (Å²) >= 11 is 0. The third-order valence-electron chi connectivity index (χ3n) is 8.72. The van der Waals surface area contributed by atoms with E-state index in [0.717, 1.165) is 52.6 Å². The number of halogens is 1. The van der Waals surface area contributed by atoms with Crippen molar-refractivity contribution in [1.82, 2.24) is 44.4 Å². The number of hydrogen-bond donors (Lipinski definition) is 2. The summed E-state index contributed by atoms with van der Waals surface area (Å²) in [4.78, 5) is 15.6. The second-order valence-electron chi connectivity index (χ2n) is 13.5. The van der Waals surface area contributed by atoms with E-state index in [1.165, 1.54) is 0 Å². The zero-order chi connectivity index (χ0) is 32.1. The van der Waals surface area contributed by atoms with Gasteiger partial charge >= 0.3 is 6.03 Å². The van der Waals surface area contributed by atoms with E-state index >= 15 is 0 Å². The number of aryl methyl sites for hydroxylation is 1. The van der Waals surface area contributed by atoms with Crippen LogP contribution in [0, 0.1) is 0 Å². The third kappa shape index (κ3) is 6.32. The van der Waals surface area contributed by atoms with Crippen LogP contribution in [0.3, 0.4) is 0 Å². The van der Waals surface area contributed by atoms with Crippen LogP contribution in [0.1, 0.15) is 82.3 Å². The Labute approximate surface area is 275 Å². The van der Waals surface area contributed by atoms with Crippen LogP contribution in [0.25, 0.3) is 11.3 Å². The van der Waals surface area contributed by atoms with Gasteiger partial charge in [-0.2, -0.15) is 10.2 Å². The van der Waals surface area contributed by atoms with Gasteiger partial charge in [-0.25, -0.2) is 9.48 Å². The van der Waals surface area contributed by atoms with Gasteiger partial charge in [0.1, 0.15) is 23.4 Å². The number of benzene rings is 1. The summed E-state index contributed by atoms with van der Waals surface area (Å²) in [6, 6.07) is 13.5. The van der Waals surface area contributed by atoms with Gasteiger partial charge in [-0.05, 0) is 64.0 Å². The van der Waals surface area contributed by atoms with Gasteiger partial charge in [0.25, 0.3) is 0 Å². The molecule has 2 N–H and O–H groups in total. The number of urea groups is 1. The van der Waals surface area contributed by atoms with Gasteiger partial charge in [0.05, 0.1) is 35.9 Å². The predicted octanol–water partition coefficient (Wildman–Crippen LogP) is 5.94. The van der Waals surface area contributed by atoms with Crippen LogP contribution in [-0.4, -0.2) is 59.2 Å². The SMILES string of the molecule is CN(C)C(C)(C)c1nnc2ccc(O[C@@H]3CC[C@H](NC(=O)Nc4cc(C(C)(C)C)nn4-c4cnn(C)c4)c4ccccc43)cn12.Cl. The molecule has 12 nitrogen and oxygen atoms in total. The van der Waals surface area contributed by atoms with Crippen LogP contribution in [0.2, 0.25) is 0 Å². The summed E-state index contributed by atoms with van der Waals surface area (Å²) in [5.74, 6) is 2.16. The maximum absolute atomic E-state index is 13.4. The number of fused-ring (bicyclic) bond motifs is 2. The summed E-state index contributed by atoms with van der Waals surface area (Å²) in [5.41, 5.74) is 3.99. The molecule has 0 saturated heterocycles. The molecule has 1 aliphatic rings. The van der Waals surface area contributed by atoms with Crippen LogP contribution in [-0.2, 0) is 18.0 Å². The minimum absolute atomic E-state index is 0. The molecule has 0 spiro atoms. The van der Waals surface area contributed by atoms with Crippen LogP contribution in [0.4, 0.5) is 10.6 Å². The Bertz CT molecular complexity index is 1850. The van der Waals surface area contributed by atoms with Gasteiger partial charge < -0.3 is 10.1 Å². The van der Waals surface area contributed by atoms with Crippen molar-refractivity contribution < 1.29 is 9.53 Å². The standard InChI is InChI=1S/C33H42N10O2.ClH/c1-32(2,3)27-17-29(43(39-27)21-18-34-41(8)19-21)36-31(44)35-25-14-15-26(24-12-10-9-11-23(24)25)45-22-13-16-28-37-38-30(42(28)20-22)33(4,5)40(6)7;/h9-13,16-20,25-26H,14-15H2,1-8H3,(H2,35,36,44);1H/t25-,26+;/m0./s1. The maximum Gasteiger partial charge on any atom is 0.320 e. The highest BCUT2D eigenvalue weighted by atomic mass is 35.5. The fraction of sp³-hybridized carbons (Fsp3) is 0.424. The van der Waals surface area contributed by atoms with E-state index in [0.29, 0.717) is 5.82 Å². The molecule has 5 aromatic rings. The first-order valence-corrected chi connectivity index (χ1v) is 15.3. The number of ether oxygens (including phenoxy) is 1. The normalized spacial score (nSPS) is 16.6. The molecule has 1 aromatic carbocycles. The molecule has 0 saturated carbocycles. The average molecular weight is 647 g/mol. The Morgan fingerprint density at radius 1 is 1.00 bits per heavy atom. The van der Waals surface area contributed by atoms with Gasteiger partial charge in [0, 0.05) is 18.5 Å². The number of anilines is 1. The summed E-state index contributed by atoms with van der Waals surface area (Å²) in [5, 5.41) is 24.2. The monoisotopic (exact) mass is 646 g/mol. The van der Waals surface area contributed by atoms with Crippen molar-refractivity contribution in [3.8, 4) is 11.4 Å². The molecule has 0 bridgehead atoms. The van der Waals surface area contributed by atoms with Crippen LogP contribution in [0.5, 0.6) is 5.75 Å². The van der Waals surface area contributed by atoms with Crippen LogP contribution in [0.15, 0.2) is 61.1 Å². The van der Waals surface area contributed by atoms with Crippen molar-refractivity contribution in [2.24, 2.45) is 7.05 Å². The lowest BCUT2D eigenvalue weighted by Crippen LogP contribution is -2.37. The summed E-state index contributed by atoms with van der Waals surface area (Å²) in [6.07, 6.45) is 6.85. The molecule has 1 aliphatic carbocycles. The predicted molar refractivity (Wildman–Crippen MR) is 180 cm³/mol. The quantitative estimate of drug-likeness (QED) is 0.225. The highest BCUT2D eigenvalue weighted by Gasteiger charge is 2.32. The molecular formula is C33H43ClN10O2. The second-order valence-corrected chi connectivity index (χ2v) is 13.5. The minimum Gasteiger partial charge on any atom is -0.484 e. The number of hydrogen-bond acceptors (Lipinski definition) is 7. The first kappa shape index (κ1) is 33.0. The van der Waals surface area contributed by atoms with E-state index in [1.807, 2.05) is 68.3 Å². The van der Waals surface area contributed by atoms with E-state index in [-0.39, 0.29) is 41.5 Å². The molecule has 0 aliphatic heterocycles. The van der Waals surface area contributed by atoms with Crippen molar-refractivity contribution in [2.45, 2.75) is 70.6 Å². The zero-order valence-corrected chi connectivity index (χ0v) is 28.5. The fourth-order valence-electron chi connectivity index (χ4n) is 5.61. The number of nitrogens with one attached hydrogen (secondary N) is 2. The van der Waals surface area contributed by atoms with Crippen LogP contribution >= 0.6 is 12.4 Å². The third-order valence-corrected chi connectivity index (χ3v) is 8.72. The van der Waals surface area contributed by atoms with Crippen LogP contribution < -0.4 is 15.4 Å². The van der Waals surface area contributed by atoms with E-state index in [9.17, 15) is 4.79 Å². The van der Waals surface area contributed by atoms with Gasteiger partial charge in [0.15, 0.2) is 11.5 Å². The lowest BCUT2D eigenvalue weighted by molar-refractivity contribution is 0.170. The smallest absolute Gasteiger partial charge is 0.320 e. The van der Waals surface area contributed by atoms with E-state index in [2.05, 4.69) is 77.6 Å². The lowest BCUT2D eigenvalue weighted by atomic mass is 9.85. The van der Waals surface area contributed by atoms with Crippen molar-refractivity contribution >= 4 is 29.9 Å². The van der Waals surface area contributed by atoms with Crippen molar-refractivity contribution in [3.05, 3.63) is 83.7 Å². The number of aromatic nitrogens is 7. The lowest BCUT2D eigenvalue weighted by Gasteiger charge is -2.32. The number of carbonyl (C=O) groups is 1. The molecule has 2 amide bonds. The van der Waals surface area contributed by atoms with Crippen molar-refractivity contribution in [1.29, 1.82) is 0 Å². The molecule has 2 atom stereocenters. The van der Waals surface area contributed by atoms with Gasteiger partial charge in [-0.3, -0.25) is 19.3 Å². The van der Waals surface area contributed by atoms with Crippen molar-refractivity contribution in [3.63, 3.8) is 0 Å². The number of nitrogens with zero attached hydrogens (tertiary/aromatic N) is 8. The average Bonchev–Trinajstić information content (AvgIpc) is 3.72. The van der Waals surface area contributed by atoms with E-state index < -0.39 is 0 Å². The minimum atomic E-state index is -0.320. The van der Waals surface area contributed by atoms with Gasteiger partial charge in [-0.1, -0.05) is 45.0 Å². The number of carbonyl (C=O) groups excluding carboxylic acids is 1. The number of amides is 2. The van der Waals surface area contributed by atoms with Crippen molar-refractivity contribution in [2.75, 3.05) is 19.4 Å². The summed E-state index contributed by atoms with van der Waals surface area (Å²) in [6.45, 7) is 10.5. The first-order valence-electron chi connectivity index (χ1n) is 15.3. The van der Waals surface area contributed by atoms with E-state index in [4.69, 9.17) is 9.84 Å². The first-order chi connectivity index (χ1) is 21.3.